The number of guanidine groups is 1. The molecule has 2 N–H and O–H groups in total. The van der Waals surface area contributed by atoms with Gasteiger partial charge in [0, 0.05) is 50.8 Å². The van der Waals surface area contributed by atoms with Crippen molar-refractivity contribution in [1.82, 2.24) is 20.4 Å². The maximum Gasteiger partial charge on any atom is 0.194 e. The van der Waals surface area contributed by atoms with Crippen LogP contribution in [0.1, 0.15) is 34.1 Å². The van der Waals surface area contributed by atoms with Crippen molar-refractivity contribution in [3.63, 3.8) is 0 Å². The van der Waals surface area contributed by atoms with E-state index in [2.05, 4.69) is 48.1 Å². The van der Waals surface area contributed by atoms with Crippen molar-refractivity contribution in [2.45, 2.75) is 45.7 Å². The van der Waals surface area contributed by atoms with Crippen LogP contribution in [0.5, 0.6) is 0 Å². The second kappa shape index (κ2) is 10.8. The summed E-state index contributed by atoms with van der Waals surface area (Å²) in [6.07, 6.45) is 1.23. The summed E-state index contributed by atoms with van der Waals surface area (Å²) in [7, 11) is 0. The van der Waals surface area contributed by atoms with Crippen molar-refractivity contribution in [3.05, 3.63) is 0 Å². The van der Waals surface area contributed by atoms with Gasteiger partial charge in [0.05, 0.1) is 19.8 Å². The van der Waals surface area contributed by atoms with E-state index in [-0.39, 0.29) is 29.5 Å². The summed E-state index contributed by atoms with van der Waals surface area (Å²) in [6, 6.07) is 0.649. The van der Waals surface area contributed by atoms with Gasteiger partial charge in [0.15, 0.2) is 5.96 Å². The number of aliphatic imine (C=N–C) groups is 1. The topological polar surface area (TPSA) is 52.1 Å². The molecule has 142 valence electrons. The van der Waals surface area contributed by atoms with E-state index < -0.39 is 0 Å². The number of hydrogen-bond acceptors (Lipinski definition) is 4. The Morgan fingerprint density at radius 3 is 2.54 bits per heavy atom. The summed E-state index contributed by atoms with van der Waals surface area (Å²) in [5.74, 6) is 1.07. The molecule has 2 fully saturated rings. The summed E-state index contributed by atoms with van der Waals surface area (Å²) in [5, 5.41) is 6.95. The zero-order chi connectivity index (χ0) is 16.7. The van der Waals surface area contributed by atoms with E-state index in [0.29, 0.717) is 6.04 Å². The van der Waals surface area contributed by atoms with E-state index in [1.807, 2.05) is 0 Å². The number of nitrogens with one attached hydrogen (secondary N) is 2. The first kappa shape index (κ1) is 21.9. The van der Waals surface area contributed by atoms with Gasteiger partial charge in [0.1, 0.15) is 0 Å². The number of morpholine rings is 1. The van der Waals surface area contributed by atoms with Crippen LogP contribution in [0.4, 0.5) is 0 Å². The van der Waals surface area contributed by atoms with Gasteiger partial charge in [-0.15, -0.1) is 24.0 Å². The second-order valence-electron chi connectivity index (χ2n) is 7.45. The lowest BCUT2D eigenvalue weighted by Gasteiger charge is -2.32. The average Bonchev–Trinajstić information content (AvgIpc) is 3.00. The minimum atomic E-state index is 0. The summed E-state index contributed by atoms with van der Waals surface area (Å²) >= 11 is 0. The molecule has 0 amide bonds. The largest absolute Gasteiger partial charge is 0.379 e. The molecule has 2 aliphatic heterocycles. The fourth-order valence-corrected chi connectivity index (χ4v) is 3.19. The van der Waals surface area contributed by atoms with Gasteiger partial charge in [-0.1, -0.05) is 0 Å². The Balaban J connectivity index is 0.00000288. The normalized spacial score (nSPS) is 23.2. The fraction of sp³-hybridized carbons (Fsp3) is 0.941. The van der Waals surface area contributed by atoms with Crippen molar-refractivity contribution < 1.29 is 4.74 Å². The SMILES string of the molecule is CCNC(=NCCNC(C)(C)C)N1CCC(N2CCOCC2)C1.I. The van der Waals surface area contributed by atoms with Crippen LogP contribution < -0.4 is 10.6 Å². The van der Waals surface area contributed by atoms with Crippen LogP contribution >= 0.6 is 24.0 Å². The lowest BCUT2D eigenvalue weighted by molar-refractivity contribution is 0.0195. The summed E-state index contributed by atoms with van der Waals surface area (Å²) in [5.41, 5.74) is 0.156. The van der Waals surface area contributed by atoms with E-state index in [4.69, 9.17) is 9.73 Å². The maximum atomic E-state index is 5.47. The molecule has 2 heterocycles. The predicted molar refractivity (Wildman–Crippen MR) is 112 cm³/mol. The quantitative estimate of drug-likeness (QED) is 0.285. The van der Waals surface area contributed by atoms with Gasteiger partial charge in [-0.25, -0.2) is 0 Å². The van der Waals surface area contributed by atoms with Gasteiger partial charge in [0.2, 0.25) is 0 Å². The number of nitrogens with zero attached hydrogens (tertiary/aromatic N) is 3. The first-order valence-corrected chi connectivity index (χ1v) is 9.09. The molecule has 1 atom stereocenters. The molecule has 6 nitrogen and oxygen atoms in total. The van der Waals surface area contributed by atoms with Gasteiger partial charge in [-0.05, 0) is 34.1 Å². The number of rotatable bonds is 5. The Kier molecular flexibility index (Phi) is 9.84. The molecule has 0 saturated carbocycles. The number of ether oxygens (including phenoxy) is 1. The molecular formula is C17H36IN5O. The lowest BCUT2D eigenvalue weighted by Crippen LogP contribution is -2.47. The van der Waals surface area contributed by atoms with E-state index in [0.717, 1.165) is 65.0 Å². The third-order valence-electron chi connectivity index (χ3n) is 4.39. The zero-order valence-electron chi connectivity index (χ0n) is 15.8. The highest BCUT2D eigenvalue weighted by Gasteiger charge is 2.30. The molecule has 1 unspecified atom stereocenters. The second-order valence-corrected chi connectivity index (χ2v) is 7.45. The van der Waals surface area contributed by atoms with Gasteiger partial charge in [-0.3, -0.25) is 9.89 Å². The predicted octanol–water partition coefficient (Wildman–Crippen LogP) is 1.36. The zero-order valence-corrected chi connectivity index (χ0v) is 18.1. The molecule has 2 rings (SSSR count). The van der Waals surface area contributed by atoms with Crippen molar-refractivity contribution in [2.24, 2.45) is 4.99 Å². The number of likely N-dealkylation sites (tertiary alicyclic amines) is 1. The monoisotopic (exact) mass is 453 g/mol. The standard InChI is InChI=1S/C17H35N5O.HI/c1-5-18-16(19-7-8-20-17(2,3)4)22-9-6-15(14-22)21-10-12-23-13-11-21;/h15,20H,5-14H2,1-4H3,(H,18,19);1H. The Labute approximate surface area is 164 Å². The van der Waals surface area contributed by atoms with Crippen LogP contribution in [0.2, 0.25) is 0 Å². The molecule has 0 bridgehead atoms. The van der Waals surface area contributed by atoms with Gasteiger partial charge < -0.3 is 20.3 Å². The number of hydrogen-bond donors (Lipinski definition) is 2. The summed E-state index contributed by atoms with van der Waals surface area (Å²) in [4.78, 5) is 9.80. The Morgan fingerprint density at radius 1 is 1.21 bits per heavy atom. The molecule has 7 heteroatoms. The molecule has 0 spiro atoms. The highest BCUT2D eigenvalue weighted by molar-refractivity contribution is 14.0. The summed E-state index contributed by atoms with van der Waals surface area (Å²) in [6.45, 7) is 17.4. The van der Waals surface area contributed by atoms with Crippen LogP contribution in [0.3, 0.4) is 0 Å². The van der Waals surface area contributed by atoms with Crippen molar-refractivity contribution >= 4 is 29.9 Å². The first-order chi connectivity index (χ1) is 11.0. The molecule has 0 aromatic heterocycles. The smallest absolute Gasteiger partial charge is 0.194 e. The average molecular weight is 453 g/mol. The Bertz CT molecular complexity index is 380. The van der Waals surface area contributed by atoms with E-state index in [1.54, 1.807) is 0 Å². The maximum absolute atomic E-state index is 5.47. The number of halogens is 1. The van der Waals surface area contributed by atoms with Gasteiger partial charge in [0.25, 0.3) is 0 Å². The highest BCUT2D eigenvalue weighted by atomic mass is 127. The Hall–Kier alpha value is -0.120. The van der Waals surface area contributed by atoms with Crippen LogP contribution in [-0.4, -0.2) is 86.4 Å². The van der Waals surface area contributed by atoms with E-state index in [9.17, 15) is 0 Å². The van der Waals surface area contributed by atoms with Crippen LogP contribution in [-0.2, 0) is 4.74 Å². The minimum Gasteiger partial charge on any atom is -0.379 e. The molecular weight excluding hydrogens is 417 g/mol. The third kappa shape index (κ3) is 7.41. The third-order valence-corrected chi connectivity index (χ3v) is 4.39. The molecule has 0 aromatic rings. The molecule has 24 heavy (non-hydrogen) atoms. The van der Waals surface area contributed by atoms with Crippen LogP contribution in [0.25, 0.3) is 0 Å². The van der Waals surface area contributed by atoms with Crippen molar-refractivity contribution in [2.75, 3.05) is 59.0 Å². The first-order valence-electron chi connectivity index (χ1n) is 9.09. The van der Waals surface area contributed by atoms with E-state index >= 15 is 0 Å². The van der Waals surface area contributed by atoms with Crippen molar-refractivity contribution in [3.8, 4) is 0 Å². The van der Waals surface area contributed by atoms with Crippen molar-refractivity contribution in [1.29, 1.82) is 0 Å². The minimum absolute atomic E-state index is 0. The van der Waals surface area contributed by atoms with Crippen LogP contribution in [0, 0.1) is 0 Å². The fourth-order valence-electron chi connectivity index (χ4n) is 3.19. The summed E-state index contributed by atoms with van der Waals surface area (Å²) < 4.78 is 5.47. The highest BCUT2D eigenvalue weighted by Crippen LogP contribution is 2.17. The van der Waals surface area contributed by atoms with E-state index in [1.165, 1.54) is 6.42 Å². The molecule has 2 aliphatic rings. The molecule has 0 aliphatic carbocycles. The molecule has 2 saturated heterocycles. The molecule has 0 aromatic carbocycles. The Morgan fingerprint density at radius 2 is 1.92 bits per heavy atom. The van der Waals surface area contributed by atoms with Gasteiger partial charge in [-0.2, -0.15) is 0 Å². The van der Waals surface area contributed by atoms with Gasteiger partial charge >= 0.3 is 0 Å². The van der Waals surface area contributed by atoms with Crippen LogP contribution in [0.15, 0.2) is 4.99 Å². The molecule has 0 radical (unpaired) electrons. The lowest BCUT2D eigenvalue weighted by atomic mass is 10.1.